The highest BCUT2D eigenvalue weighted by atomic mass is 19.1. The van der Waals surface area contributed by atoms with Gasteiger partial charge in [0.2, 0.25) is 0 Å². The topological polar surface area (TPSA) is 24.9 Å². The Kier molecular flexibility index (Phi) is 4.15. The minimum Gasteiger partial charge on any atom is -0.377 e. The summed E-state index contributed by atoms with van der Waals surface area (Å²) in [6.07, 6.45) is 1.25. The average molecular weight is 258 g/mol. The van der Waals surface area contributed by atoms with Crippen LogP contribution < -0.4 is 5.32 Å². The van der Waals surface area contributed by atoms with Crippen LogP contribution in [0.15, 0.2) is 42.6 Å². The van der Waals surface area contributed by atoms with Crippen LogP contribution in [-0.2, 0) is 0 Å². The monoisotopic (exact) mass is 258 g/mol. The van der Waals surface area contributed by atoms with Crippen LogP contribution in [0.1, 0.15) is 44.0 Å². The summed E-state index contributed by atoms with van der Waals surface area (Å²) >= 11 is 0. The molecule has 0 spiro atoms. The Morgan fingerprint density at radius 3 is 2.53 bits per heavy atom. The maximum absolute atomic E-state index is 12.8. The third-order valence-electron chi connectivity index (χ3n) is 3.13. The number of pyridine rings is 1. The molecular weight excluding hydrogens is 239 g/mol. The van der Waals surface area contributed by atoms with Gasteiger partial charge >= 0.3 is 0 Å². The second-order valence-corrected chi connectivity index (χ2v) is 5.05. The molecule has 0 aliphatic rings. The number of halogens is 1. The highest BCUT2D eigenvalue weighted by Crippen LogP contribution is 2.22. The van der Waals surface area contributed by atoms with Gasteiger partial charge in [-0.1, -0.05) is 26.0 Å². The molecule has 0 aliphatic heterocycles. The van der Waals surface area contributed by atoms with Crippen molar-refractivity contribution < 1.29 is 4.39 Å². The maximum Gasteiger partial charge on any atom is 0.141 e. The van der Waals surface area contributed by atoms with Crippen molar-refractivity contribution in [2.24, 2.45) is 0 Å². The summed E-state index contributed by atoms with van der Waals surface area (Å²) in [6.45, 7) is 6.36. The van der Waals surface area contributed by atoms with Gasteiger partial charge in [-0.15, -0.1) is 0 Å². The Morgan fingerprint density at radius 2 is 1.89 bits per heavy atom. The van der Waals surface area contributed by atoms with Gasteiger partial charge in [-0.05, 0) is 42.7 Å². The zero-order chi connectivity index (χ0) is 13.8. The first-order valence-corrected chi connectivity index (χ1v) is 6.54. The highest BCUT2D eigenvalue weighted by molar-refractivity contribution is 5.47. The van der Waals surface area contributed by atoms with Gasteiger partial charge in [0.05, 0.1) is 17.9 Å². The summed E-state index contributed by atoms with van der Waals surface area (Å²) in [6, 6.07) is 11.5. The predicted molar refractivity (Wildman–Crippen MR) is 76.8 cm³/mol. The highest BCUT2D eigenvalue weighted by Gasteiger charge is 2.08. The van der Waals surface area contributed by atoms with Gasteiger partial charge in [0.1, 0.15) is 5.82 Å². The van der Waals surface area contributed by atoms with Crippen molar-refractivity contribution in [3.8, 4) is 0 Å². The van der Waals surface area contributed by atoms with Crippen LogP contribution in [0, 0.1) is 5.82 Å². The van der Waals surface area contributed by atoms with Crippen LogP contribution in [0.25, 0.3) is 0 Å². The lowest BCUT2D eigenvalue weighted by atomic mass is 10.0. The number of rotatable bonds is 4. The van der Waals surface area contributed by atoms with E-state index in [-0.39, 0.29) is 11.9 Å². The van der Waals surface area contributed by atoms with Crippen molar-refractivity contribution in [2.45, 2.75) is 32.7 Å². The second kappa shape index (κ2) is 5.83. The molecule has 1 N–H and O–H groups in total. The molecule has 2 aromatic rings. The van der Waals surface area contributed by atoms with E-state index in [2.05, 4.69) is 36.3 Å². The molecule has 0 radical (unpaired) electrons. The van der Waals surface area contributed by atoms with Gasteiger partial charge in [-0.25, -0.2) is 4.39 Å². The van der Waals surface area contributed by atoms with Crippen molar-refractivity contribution in [2.75, 3.05) is 5.32 Å². The van der Waals surface area contributed by atoms with E-state index >= 15 is 0 Å². The van der Waals surface area contributed by atoms with Crippen LogP contribution in [0.2, 0.25) is 0 Å². The molecular formula is C16H19FN2. The number of hydrogen-bond acceptors (Lipinski definition) is 2. The van der Waals surface area contributed by atoms with E-state index in [1.807, 2.05) is 19.1 Å². The van der Waals surface area contributed by atoms with E-state index in [4.69, 9.17) is 0 Å². The number of anilines is 1. The predicted octanol–water partition coefficient (Wildman–Crippen LogP) is 4.52. The summed E-state index contributed by atoms with van der Waals surface area (Å²) in [4.78, 5) is 4.09. The van der Waals surface area contributed by atoms with Crippen molar-refractivity contribution in [3.05, 3.63) is 59.7 Å². The Labute approximate surface area is 113 Å². The van der Waals surface area contributed by atoms with Crippen LogP contribution >= 0.6 is 0 Å². The number of nitrogens with zero attached hydrogens (tertiary/aromatic N) is 1. The van der Waals surface area contributed by atoms with E-state index in [0.29, 0.717) is 5.92 Å². The molecule has 0 aliphatic carbocycles. The molecule has 0 bridgehead atoms. The summed E-state index contributed by atoms with van der Waals surface area (Å²) in [5, 5.41) is 3.39. The quantitative estimate of drug-likeness (QED) is 0.872. The second-order valence-electron chi connectivity index (χ2n) is 5.05. The maximum atomic E-state index is 12.8. The van der Waals surface area contributed by atoms with E-state index in [0.717, 1.165) is 11.4 Å². The van der Waals surface area contributed by atoms with Crippen molar-refractivity contribution in [3.63, 3.8) is 0 Å². The van der Waals surface area contributed by atoms with Crippen molar-refractivity contribution in [1.82, 2.24) is 4.98 Å². The van der Waals surface area contributed by atoms with Crippen LogP contribution in [-0.4, -0.2) is 4.98 Å². The van der Waals surface area contributed by atoms with Gasteiger partial charge < -0.3 is 5.32 Å². The SMILES string of the molecule is CC(C)c1cccc(NC(C)c2ccc(F)cn2)c1. The molecule has 2 nitrogen and oxygen atoms in total. The molecule has 1 atom stereocenters. The lowest BCUT2D eigenvalue weighted by Gasteiger charge is -2.16. The lowest BCUT2D eigenvalue weighted by molar-refractivity contribution is 0.617. The molecule has 3 heteroatoms. The summed E-state index contributed by atoms with van der Waals surface area (Å²) < 4.78 is 12.8. The fraction of sp³-hybridized carbons (Fsp3) is 0.312. The minimum absolute atomic E-state index is 0.0445. The molecule has 0 fully saturated rings. The van der Waals surface area contributed by atoms with Crippen LogP contribution in [0.3, 0.4) is 0 Å². The number of benzene rings is 1. The molecule has 0 amide bonds. The molecule has 19 heavy (non-hydrogen) atoms. The van der Waals surface area contributed by atoms with Gasteiger partial charge in [0.15, 0.2) is 0 Å². The third kappa shape index (κ3) is 3.53. The molecule has 1 aromatic heterocycles. The first kappa shape index (κ1) is 13.5. The molecule has 0 saturated heterocycles. The van der Waals surface area contributed by atoms with Crippen molar-refractivity contribution in [1.29, 1.82) is 0 Å². The van der Waals surface area contributed by atoms with Gasteiger partial charge in [-0.2, -0.15) is 0 Å². The number of nitrogens with one attached hydrogen (secondary N) is 1. The third-order valence-corrected chi connectivity index (χ3v) is 3.13. The Hall–Kier alpha value is -1.90. The number of hydrogen-bond donors (Lipinski definition) is 1. The minimum atomic E-state index is -0.308. The fourth-order valence-corrected chi connectivity index (χ4v) is 1.95. The Bertz CT molecular complexity index is 535. The van der Waals surface area contributed by atoms with Gasteiger partial charge in [0, 0.05) is 5.69 Å². The molecule has 0 saturated carbocycles. The Morgan fingerprint density at radius 1 is 1.11 bits per heavy atom. The fourth-order valence-electron chi connectivity index (χ4n) is 1.95. The summed E-state index contributed by atoms with van der Waals surface area (Å²) in [5.74, 6) is 0.193. The number of aromatic nitrogens is 1. The molecule has 1 heterocycles. The zero-order valence-electron chi connectivity index (χ0n) is 11.5. The van der Waals surface area contributed by atoms with Gasteiger partial charge in [-0.3, -0.25) is 4.98 Å². The van der Waals surface area contributed by atoms with E-state index in [1.165, 1.54) is 17.8 Å². The lowest BCUT2D eigenvalue weighted by Crippen LogP contribution is -2.08. The standard InChI is InChI=1S/C16H19FN2/c1-11(2)13-5-4-6-15(9-13)19-12(3)16-8-7-14(17)10-18-16/h4-12,19H,1-3H3. The zero-order valence-corrected chi connectivity index (χ0v) is 11.5. The normalized spacial score (nSPS) is 12.5. The van der Waals surface area contributed by atoms with E-state index < -0.39 is 0 Å². The molecule has 1 aromatic carbocycles. The average Bonchev–Trinajstić information content (AvgIpc) is 2.39. The molecule has 100 valence electrons. The molecule has 2 rings (SSSR count). The van der Waals surface area contributed by atoms with E-state index in [9.17, 15) is 4.39 Å². The van der Waals surface area contributed by atoms with E-state index in [1.54, 1.807) is 6.07 Å². The molecule has 1 unspecified atom stereocenters. The summed E-state index contributed by atoms with van der Waals surface area (Å²) in [7, 11) is 0. The largest absolute Gasteiger partial charge is 0.377 e. The Balaban J connectivity index is 2.12. The first-order chi connectivity index (χ1) is 9.06. The van der Waals surface area contributed by atoms with Gasteiger partial charge in [0.25, 0.3) is 0 Å². The van der Waals surface area contributed by atoms with Crippen molar-refractivity contribution >= 4 is 5.69 Å². The smallest absolute Gasteiger partial charge is 0.141 e. The summed E-state index contributed by atoms with van der Waals surface area (Å²) in [5.41, 5.74) is 3.19. The van der Waals surface area contributed by atoms with Crippen LogP contribution in [0.5, 0.6) is 0 Å². The van der Waals surface area contributed by atoms with Crippen LogP contribution in [0.4, 0.5) is 10.1 Å². The first-order valence-electron chi connectivity index (χ1n) is 6.54.